The minimum atomic E-state index is -4.16. The van der Waals surface area contributed by atoms with Crippen LogP contribution in [0.1, 0.15) is 48.5 Å². The van der Waals surface area contributed by atoms with Gasteiger partial charge < -0.3 is 9.47 Å². The summed E-state index contributed by atoms with van der Waals surface area (Å²) in [7, 11) is -4.16. The van der Waals surface area contributed by atoms with Gasteiger partial charge in [0.15, 0.2) is 0 Å². The molecule has 0 saturated carbocycles. The second-order valence-electron chi connectivity index (χ2n) is 10.4. The minimum absolute atomic E-state index is 0.0525. The Labute approximate surface area is 216 Å². The van der Waals surface area contributed by atoms with Crippen molar-refractivity contribution in [2.24, 2.45) is 0 Å². The monoisotopic (exact) mass is 533 g/mol. The van der Waals surface area contributed by atoms with Gasteiger partial charge in [0.25, 0.3) is 10.0 Å². The van der Waals surface area contributed by atoms with Crippen molar-refractivity contribution in [2.45, 2.75) is 64.6 Å². The number of fused-ring (bicyclic) bond motifs is 1. The van der Waals surface area contributed by atoms with Gasteiger partial charge in [-0.2, -0.15) is 0 Å². The molecule has 0 bridgehead atoms. The van der Waals surface area contributed by atoms with Crippen molar-refractivity contribution >= 4 is 33.1 Å². The van der Waals surface area contributed by atoms with Crippen molar-refractivity contribution in [1.82, 2.24) is 14.4 Å². The molecule has 2 aromatic carbocycles. The topological polar surface area (TPSA) is 107 Å². The molecule has 0 spiro atoms. The van der Waals surface area contributed by atoms with E-state index in [1.54, 1.807) is 60.6 Å². The fourth-order valence-corrected chi connectivity index (χ4v) is 4.87. The Morgan fingerprint density at radius 2 is 1.65 bits per heavy atom. The molecule has 0 fully saturated rings. The lowest BCUT2D eigenvalue weighted by Gasteiger charge is -2.25. The van der Waals surface area contributed by atoms with Crippen molar-refractivity contribution < 1.29 is 31.9 Å². The van der Waals surface area contributed by atoms with Crippen LogP contribution in [-0.4, -0.2) is 47.3 Å². The molecule has 0 aliphatic carbocycles. The van der Waals surface area contributed by atoms with Crippen molar-refractivity contribution in [1.29, 1.82) is 0 Å². The first-order valence-electron chi connectivity index (χ1n) is 11.7. The highest BCUT2D eigenvalue weighted by Crippen LogP contribution is 2.33. The summed E-state index contributed by atoms with van der Waals surface area (Å²) < 4.78 is 53.4. The predicted molar refractivity (Wildman–Crippen MR) is 138 cm³/mol. The maximum atomic E-state index is 14.1. The van der Waals surface area contributed by atoms with E-state index in [0.717, 1.165) is 4.41 Å². The molecule has 37 heavy (non-hydrogen) atoms. The van der Waals surface area contributed by atoms with Gasteiger partial charge in [0.05, 0.1) is 10.4 Å². The Hall–Kier alpha value is -3.44. The van der Waals surface area contributed by atoms with Crippen LogP contribution in [0.4, 0.5) is 14.0 Å². The van der Waals surface area contributed by atoms with Crippen molar-refractivity contribution in [3.63, 3.8) is 0 Å². The quantitative estimate of drug-likeness (QED) is 0.423. The van der Waals surface area contributed by atoms with Crippen LogP contribution in [0, 0.1) is 5.82 Å². The molecule has 0 aliphatic heterocycles. The number of sulfonamides is 1. The van der Waals surface area contributed by atoms with Crippen molar-refractivity contribution in [3.05, 3.63) is 54.5 Å². The number of hydrazine groups is 1. The van der Waals surface area contributed by atoms with E-state index >= 15 is 0 Å². The van der Waals surface area contributed by atoms with Gasteiger partial charge in [-0.05, 0) is 84.4 Å². The summed E-state index contributed by atoms with van der Waals surface area (Å²) >= 11 is 0. The molecular formula is C26H32FN3O6S. The first-order chi connectivity index (χ1) is 17.0. The highest BCUT2D eigenvalue weighted by molar-refractivity contribution is 7.89. The van der Waals surface area contributed by atoms with Gasteiger partial charge in [-0.15, -0.1) is 4.41 Å². The zero-order valence-electron chi connectivity index (χ0n) is 22.0. The second-order valence-corrected chi connectivity index (χ2v) is 12.2. The van der Waals surface area contributed by atoms with Crippen LogP contribution < -0.4 is 5.43 Å². The van der Waals surface area contributed by atoms with E-state index in [2.05, 4.69) is 5.43 Å². The Morgan fingerprint density at radius 1 is 1.00 bits per heavy atom. The largest absolute Gasteiger partial charge is 0.443 e. The van der Waals surface area contributed by atoms with Crippen LogP contribution in [0.3, 0.4) is 0 Å². The lowest BCUT2D eigenvalue weighted by molar-refractivity contribution is 0.0429. The van der Waals surface area contributed by atoms with Crippen LogP contribution in [0.5, 0.6) is 0 Å². The van der Waals surface area contributed by atoms with Crippen molar-refractivity contribution in [3.8, 4) is 11.1 Å². The number of rotatable bonds is 5. The number of carbonyl (C=O) groups excluding carboxylic acids is 2. The predicted octanol–water partition coefficient (Wildman–Crippen LogP) is 5.68. The van der Waals surface area contributed by atoms with E-state index < -0.39 is 39.2 Å². The van der Waals surface area contributed by atoms with Crippen LogP contribution in [-0.2, 0) is 19.5 Å². The summed E-state index contributed by atoms with van der Waals surface area (Å²) in [4.78, 5) is 25.0. The van der Waals surface area contributed by atoms with E-state index in [1.807, 2.05) is 0 Å². The van der Waals surface area contributed by atoms with Gasteiger partial charge in [-0.1, -0.05) is 12.1 Å². The number of halogens is 1. The zero-order chi connectivity index (χ0) is 27.8. The number of aromatic nitrogens is 1. The van der Waals surface area contributed by atoms with Gasteiger partial charge in [0.1, 0.15) is 17.0 Å². The van der Waals surface area contributed by atoms with Gasteiger partial charge in [0, 0.05) is 23.7 Å². The highest BCUT2D eigenvalue weighted by atomic mass is 32.2. The molecule has 1 N–H and O–H groups in total. The van der Waals surface area contributed by atoms with Crippen LogP contribution in [0.15, 0.2) is 53.6 Å². The molecule has 1 aromatic heterocycles. The minimum Gasteiger partial charge on any atom is -0.443 e. The molecule has 11 heteroatoms. The first kappa shape index (κ1) is 28.1. The number of carbonyl (C=O) groups is 2. The smallest absolute Gasteiger partial charge is 0.423 e. The Morgan fingerprint density at radius 3 is 2.24 bits per heavy atom. The number of benzene rings is 2. The van der Waals surface area contributed by atoms with Gasteiger partial charge in [0.2, 0.25) is 0 Å². The summed E-state index contributed by atoms with van der Waals surface area (Å²) in [5, 5.41) is 0.529. The average Bonchev–Trinajstić information content (AvgIpc) is 3.14. The standard InChI is InChI=1S/C26H32FN3O6S/c1-8-30(28-23(31)35-25(2,3)4)37(33,34)19-11-9-10-17(14-19)21-16-29(24(32)36-26(5,6)7)22-15-18(27)12-13-20(21)22/h9-16H,8H2,1-7H3,(H,28,31). The van der Waals surface area contributed by atoms with E-state index in [0.29, 0.717) is 16.5 Å². The Bertz CT molecular complexity index is 1430. The molecule has 0 radical (unpaired) electrons. The number of hydrogen-bond donors (Lipinski definition) is 1. The molecule has 3 aromatic rings. The number of nitrogens with zero attached hydrogens (tertiary/aromatic N) is 2. The third-order valence-electron chi connectivity index (χ3n) is 4.99. The maximum Gasteiger partial charge on any atom is 0.423 e. The van der Waals surface area contributed by atoms with Gasteiger partial charge >= 0.3 is 12.2 Å². The van der Waals surface area contributed by atoms with Gasteiger partial charge in [-0.25, -0.2) is 27.8 Å². The normalized spacial score (nSPS) is 12.6. The summed E-state index contributed by atoms with van der Waals surface area (Å²) in [5.74, 6) is -0.537. The fraction of sp³-hybridized carbons (Fsp3) is 0.385. The zero-order valence-corrected chi connectivity index (χ0v) is 22.8. The van der Waals surface area contributed by atoms with Crippen molar-refractivity contribution in [2.75, 3.05) is 6.54 Å². The summed E-state index contributed by atoms with van der Waals surface area (Å²) in [6.45, 7) is 11.7. The molecule has 0 unspecified atom stereocenters. The molecule has 3 rings (SSSR count). The lowest BCUT2D eigenvalue weighted by atomic mass is 10.1. The third-order valence-corrected chi connectivity index (χ3v) is 6.77. The summed E-state index contributed by atoms with van der Waals surface area (Å²) in [6, 6.07) is 10.0. The second kappa shape index (κ2) is 10.1. The molecule has 1 heterocycles. The molecule has 0 atom stereocenters. The third kappa shape index (κ3) is 6.66. The van der Waals surface area contributed by atoms with Crippen LogP contribution in [0.2, 0.25) is 0 Å². The molecule has 200 valence electrons. The SMILES string of the molecule is CCN(NC(=O)OC(C)(C)C)S(=O)(=O)c1cccc(-c2cn(C(=O)OC(C)(C)C)c3cc(F)ccc23)c1. The summed E-state index contributed by atoms with van der Waals surface area (Å²) in [5.41, 5.74) is 1.93. The van der Waals surface area contributed by atoms with Crippen LogP contribution in [0.25, 0.3) is 22.0 Å². The lowest BCUT2D eigenvalue weighted by Crippen LogP contribution is -2.47. The fourth-order valence-electron chi connectivity index (χ4n) is 3.56. The molecular weight excluding hydrogens is 501 g/mol. The molecule has 1 amide bonds. The highest BCUT2D eigenvalue weighted by Gasteiger charge is 2.28. The first-order valence-corrected chi connectivity index (χ1v) is 13.1. The van der Waals surface area contributed by atoms with E-state index in [1.165, 1.54) is 41.1 Å². The van der Waals surface area contributed by atoms with E-state index in [-0.39, 0.29) is 17.0 Å². The number of nitrogens with one attached hydrogen (secondary N) is 1. The Balaban J connectivity index is 2.05. The number of ether oxygens (including phenoxy) is 2. The molecule has 9 nitrogen and oxygen atoms in total. The van der Waals surface area contributed by atoms with E-state index in [9.17, 15) is 22.4 Å². The maximum absolute atomic E-state index is 14.1. The average molecular weight is 534 g/mol. The number of amides is 1. The van der Waals surface area contributed by atoms with Gasteiger partial charge in [-0.3, -0.25) is 4.57 Å². The molecule has 0 saturated heterocycles. The number of hydrogen-bond acceptors (Lipinski definition) is 6. The van der Waals surface area contributed by atoms with Crippen LogP contribution >= 0.6 is 0 Å². The molecule has 0 aliphatic rings. The summed E-state index contributed by atoms with van der Waals surface area (Å²) in [6.07, 6.45) is -0.117. The Kier molecular flexibility index (Phi) is 7.71. The van der Waals surface area contributed by atoms with E-state index in [4.69, 9.17) is 9.47 Å².